The minimum absolute atomic E-state index is 0.228. The van der Waals surface area contributed by atoms with E-state index in [1.54, 1.807) is 31.3 Å². The van der Waals surface area contributed by atoms with Gasteiger partial charge in [-0.2, -0.15) is 10.5 Å². The van der Waals surface area contributed by atoms with Crippen molar-refractivity contribution in [3.05, 3.63) is 49.7 Å². The Balaban J connectivity index is 2.49. The first-order valence-corrected chi connectivity index (χ1v) is 9.83. The molecule has 0 radical (unpaired) electrons. The molecule has 0 aliphatic heterocycles. The molecule has 2 aromatic heterocycles. The summed E-state index contributed by atoms with van der Waals surface area (Å²) >= 11 is 1.06. The Bertz CT molecular complexity index is 1260. The fourth-order valence-electron chi connectivity index (χ4n) is 2.32. The van der Waals surface area contributed by atoms with E-state index >= 15 is 0 Å². The molecule has 0 aromatic carbocycles. The maximum absolute atomic E-state index is 12.6. The predicted octanol–water partition coefficient (Wildman–Crippen LogP) is 0.231. The average Bonchev–Trinajstić information content (AvgIpc) is 3.05. The highest BCUT2D eigenvalue weighted by atomic mass is 32.1. The number of rotatable bonds is 7. The number of nitriles is 2. The van der Waals surface area contributed by atoms with Crippen LogP contribution in [0.15, 0.2) is 34.9 Å². The van der Waals surface area contributed by atoms with Gasteiger partial charge >= 0.3 is 0 Å². The smallest absolute Gasteiger partial charge is 0.277 e. The van der Waals surface area contributed by atoms with Crippen LogP contribution < -0.4 is 30.7 Å². The minimum atomic E-state index is -0.723. The first-order chi connectivity index (χ1) is 14.5. The molecule has 152 valence electrons. The molecule has 0 bridgehead atoms. The largest absolute Gasteiger partial charge is 0.370 e. The molecule has 0 aliphatic carbocycles. The highest BCUT2D eigenvalue weighted by molar-refractivity contribution is 7.07. The van der Waals surface area contributed by atoms with Crippen molar-refractivity contribution in [3.8, 4) is 12.1 Å². The van der Waals surface area contributed by atoms with Crippen molar-refractivity contribution in [1.82, 2.24) is 14.9 Å². The first-order valence-electron chi connectivity index (χ1n) is 9.01. The summed E-state index contributed by atoms with van der Waals surface area (Å²) in [6.45, 7) is 4.59. The van der Waals surface area contributed by atoms with Gasteiger partial charge in [-0.05, 0) is 19.9 Å². The molecule has 2 rings (SSSR count). The maximum atomic E-state index is 12.6. The SMILES string of the molecule is CCNc1cc(NC=C=c2sc(=C=C(C#N)C(=O)NCC#N)n(CC)c2=O)ccn1. The van der Waals surface area contributed by atoms with Crippen molar-refractivity contribution in [2.45, 2.75) is 20.4 Å². The number of hydrogen-bond acceptors (Lipinski definition) is 8. The number of carbonyl (C=O) groups is 1. The highest BCUT2D eigenvalue weighted by Crippen LogP contribution is 2.11. The Kier molecular flexibility index (Phi) is 8.19. The summed E-state index contributed by atoms with van der Waals surface area (Å²) in [4.78, 5) is 28.7. The summed E-state index contributed by atoms with van der Waals surface area (Å²) in [6.07, 6.45) is 3.17. The van der Waals surface area contributed by atoms with Gasteiger partial charge in [0.05, 0.1) is 6.07 Å². The normalized spacial score (nSPS) is 9.33. The van der Waals surface area contributed by atoms with Crippen molar-refractivity contribution < 1.29 is 4.79 Å². The Morgan fingerprint density at radius 3 is 2.83 bits per heavy atom. The lowest BCUT2D eigenvalue weighted by Crippen LogP contribution is -2.30. The maximum Gasteiger partial charge on any atom is 0.277 e. The van der Waals surface area contributed by atoms with Gasteiger partial charge in [-0.1, -0.05) is 22.8 Å². The van der Waals surface area contributed by atoms with Crippen LogP contribution in [-0.2, 0) is 11.3 Å². The van der Waals surface area contributed by atoms with E-state index in [9.17, 15) is 14.9 Å². The molecule has 10 heteroatoms. The van der Waals surface area contributed by atoms with Gasteiger partial charge in [0.15, 0.2) is 5.57 Å². The standard InChI is InChI=1S/C20H19N7O2S/c1-3-23-17-12-15(5-8-25-17)24-9-6-16-20(29)27(4-2)18(30-16)11-14(13-22)19(28)26-10-7-21/h5,8-9,12H,3-4,10H2,1-2H3,(H,26,28)(H2,23,24,25). The van der Waals surface area contributed by atoms with E-state index in [1.165, 1.54) is 10.8 Å². The first kappa shape index (κ1) is 22.2. The summed E-state index contributed by atoms with van der Waals surface area (Å²) in [7, 11) is 0. The lowest BCUT2D eigenvalue weighted by atomic mass is 10.3. The number of pyridine rings is 1. The van der Waals surface area contributed by atoms with E-state index in [1.807, 2.05) is 13.0 Å². The van der Waals surface area contributed by atoms with Crippen LogP contribution in [0.2, 0.25) is 0 Å². The van der Waals surface area contributed by atoms with E-state index in [0.29, 0.717) is 15.7 Å². The van der Waals surface area contributed by atoms with Crippen LogP contribution in [-0.4, -0.2) is 28.5 Å². The van der Waals surface area contributed by atoms with Crippen LogP contribution >= 0.6 is 11.3 Å². The van der Waals surface area contributed by atoms with Crippen LogP contribution in [0.25, 0.3) is 11.5 Å². The number of carbonyl (C=O) groups excluding carboxylic acids is 1. The molecular formula is C20H19N7O2S. The Hall–Kier alpha value is -4.07. The molecule has 0 spiro atoms. The minimum Gasteiger partial charge on any atom is -0.370 e. The zero-order chi connectivity index (χ0) is 21.9. The number of anilines is 2. The van der Waals surface area contributed by atoms with Crippen molar-refractivity contribution >= 4 is 40.2 Å². The number of hydrogen-bond donors (Lipinski definition) is 3. The molecule has 0 unspecified atom stereocenters. The third-order valence-corrected chi connectivity index (χ3v) is 4.67. The quantitative estimate of drug-likeness (QED) is 0.331. The van der Waals surface area contributed by atoms with E-state index in [4.69, 9.17) is 5.26 Å². The molecule has 9 nitrogen and oxygen atoms in total. The van der Waals surface area contributed by atoms with E-state index in [2.05, 4.69) is 32.4 Å². The summed E-state index contributed by atoms with van der Waals surface area (Å²) < 4.78 is 2.01. The third kappa shape index (κ3) is 5.71. The van der Waals surface area contributed by atoms with Crippen LogP contribution in [0.3, 0.4) is 0 Å². The number of nitrogens with zero attached hydrogens (tertiary/aromatic N) is 4. The molecule has 0 saturated carbocycles. The molecule has 2 aromatic rings. The average molecular weight is 421 g/mol. The van der Waals surface area contributed by atoms with Gasteiger partial charge in [0.25, 0.3) is 11.5 Å². The number of nitrogens with one attached hydrogen (secondary N) is 3. The van der Waals surface area contributed by atoms with Crippen LogP contribution in [0.4, 0.5) is 11.5 Å². The van der Waals surface area contributed by atoms with Crippen molar-refractivity contribution in [1.29, 1.82) is 10.5 Å². The second-order valence-corrected chi connectivity index (χ2v) is 6.63. The van der Waals surface area contributed by atoms with Crippen LogP contribution in [0.5, 0.6) is 0 Å². The summed E-state index contributed by atoms with van der Waals surface area (Å²) in [6, 6.07) is 7.10. The lowest BCUT2D eigenvalue weighted by Gasteiger charge is -2.04. The van der Waals surface area contributed by atoms with Gasteiger partial charge in [-0.15, -0.1) is 0 Å². The lowest BCUT2D eigenvalue weighted by molar-refractivity contribution is -0.116. The number of aromatic nitrogens is 2. The van der Waals surface area contributed by atoms with Crippen LogP contribution in [0, 0.1) is 22.7 Å². The van der Waals surface area contributed by atoms with Gasteiger partial charge in [0.2, 0.25) is 0 Å². The monoisotopic (exact) mass is 421 g/mol. The van der Waals surface area contributed by atoms with Crippen molar-refractivity contribution in [2.75, 3.05) is 23.7 Å². The number of amides is 1. The van der Waals surface area contributed by atoms with E-state index in [0.717, 1.165) is 29.4 Å². The topological polar surface area (TPSA) is 136 Å². The molecular weight excluding hydrogens is 402 g/mol. The molecule has 3 N–H and O–H groups in total. The molecule has 0 saturated heterocycles. The number of thiazole rings is 1. The molecule has 0 aliphatic rings. The summed E-state index contributed by atoms with van der Waals surface area (Å²) in [5.74, 6) is 0.000522. The van der Waals surface area contributed by atoms with Crippen molar-refractivity contribution in [2.24, 2.45) is 0 Å². The Morgan fingerprint density at radius 2 is 2.17 bits per heavy atom. The fraction of sp³-hybridized carbons (Fsp3) is 0.250. The van der Waals surface area contributed by atoms with Gasteiger partial charge in [-0.3, -0.25) is 14.2 Å². The second-order valence-electron chi connectivity index (χ2n) is 5.63. The van der Waals surface area contributed by atoms with Gasteiger partial charge in [0.1, 0.15) is 27.6 Å². The predicted molar refractivity (Wildman–Crippen MR) is 115 cm³/mol. The summed E-state index contributed by atoms with van der Waals surface area (Å²) in [5, 5.41) is 26.2. The molecule has 0 fully saturated rings. The van der Waals surface area contributed by atoms with Gasteiger partial charge in [-0.25, -0.2) is 4.98 Å². The Morgan fingerprint density at radius 1 is 1.37 bits per heavy atom. The fourth-order valence-corrected chi connectivity index (χ4v) is 3.30. The molecule has 1 amide bonds. The summed E-state index contributed by atoms with van der Waals surface area (Å²) in [5.41, 5.74) is 5.72. The van der Waals surface area contributed by atoms with Gasteiger partial charge in [0, 0.05) is 37.2 Å². The molecule has 30 heavy (non-hydrogen) atoms. The molecule has 0 atom stereocenters. The zero-order valence-electron chi connectivity index (χ0n) is 16.4. The van der Waals surface area contributed by atoms with E-state index in [-0.39, 0.29) is 17.7 Å². The second kappa shape index (κ2) is 11.1. The van der Waals surface area contributed by atoms with Gasteiger partial charge < -0.3 is 16.0 Å². The third-order valence-electron chi connectivity index (χ3n) is 3.66. The highest BCUT2D eigenvalue weighted by Gasteiger charge is 2.08. The van der Waals surface area contributed by atoms with Crippen molar-refractivity contribution in [3.63, 3.8) is 0 Å². The van der Waals surface area contributed by atoms with E-state index < -0.39 is 5.91 Å². The zero-order valence-corrected chi connectivity index (χ0v) is 17.3. The molecule has 2 heterocycles. The van der Waals surface area contributed by atoms with Crippen LogP contribution in [0.1, 0.15) is 13.8 Å². The Labute approximate surface area is 176 Å².